The Kier molecular flexibility index (Phi) is 4.60. The van der Waals surface area contributed by atoms with E-state index >= 15 is 0 Å². The molecular weight excluding hydrogens is 290 g/mol. The molecule has 0 N–H and O–H groups in total. The smallest absolute Gasteiger partial charge is 0.226 e. The molecule has 100 valence electrons. The summed E-state index contributed by atoms with van der Waals surface area (Å²) in [6, 6.07) is 2.70. The van der Waals surface area contributed by atoms with Crippen LogP contribution in [0.15, 0.2) is 6.07 Å². The number of anilines is 1. The lowest BCUT2D eigenvalue weighted by atomic mass is 10.1. The average Bonchev–Trinajstić information content (AvgIpc) is 2.77. The highest BCUT2D eigenvalue weighted by molar-refractivity contribution is 9.09. The zero-order chi connectivity index (χ0) is 13.1. The van der Waals surface area contributed by atoms with Crippen molar-refractivity contribution in [3.63, 3.8) is 0 Å². The molecule has 0 spiro atoms. The van der Waals surface area contributed by atoms with Crippen LogP contribution < -0.4 is 4.90 Å². The fourth-order valence-corrected chi connectivity index (χ4v) is 3.05. The van der Waals surface area contributed by atoms with Crippen molar-refractivity contribution in [2.45, 2.75) is 52.0 Å². The molecule has 1 aromatic rings. The van der Waals surface area contributed by atoms with Gasteiger partial charge in [-0.3, -0.25) is 0 Å². The van der Waals surface area contributed by atoms with Crippen LogP contribution in [0.2, 0.25) is 0 Å². The lowest BCUT2D eigenvalue weighted by Gasteiger charge is -2.25. The van der Waals surface area contributed by atoms with E-state index in [4.69, 9.17) is 4.98 Å². The standard InChI is InChI=1S/C14H22BrN3/c1-10(2)13-9-11(3)16-14(17-13)18-8-4-5-12(18)6-7-15/h9-10,12H,4-8H2,1-3H3. The van der Waals surface area contributed by atoms with Gasteiger partial charge in [0.2, 0.25) is 5.95 Å². The van der Waals surface area contributed by atoms with Gasteiger partial charge in [-0.15, -0.1) is 0 Å². The monoisotopic (exact) mass is 311 g/mol. The first-order chi connectivity index (χ1) is 8.61. The molecule has 1 atom stereocenters. The molecule has 18 heavy (non-hydrogen) atoms. The fraction of sp³-hybridized carbons (Fsp3) is 0.714. The number of nitrogens with zero attached hydrogens (tertiary/aromatic N) is 3. The third kappa shape index (κ3) is 3.02. The van der Waals surface area contributed by atoms with Crippen LogP contribution in [-0.4, -0.2) is 27.9 Å². The maximum Gasteiger partial charge on any atom is 0.226 e. The number of aromatic nitrogens is 2. The molecule has 1 fully saturated rings. The molecule has 0 aliphatic carbocycles. The van der Waals surface area contributed by atoms with Crippen LogP contribution in [0.5, 0.6) is 0 Å². The molecule has 0 radical (unpaired) electrons. The van der Waals surface area contributed by atoms with Gasteiger partial charge in [0, 0.05) is 29.3 Å². The molecule has 2 heterocycles. The molecule has 1 aliphatic heterocycles. The molecule has 1 aromatic heterocycles. The summed E-state index contributed by atoms with van der Waals surface area (Å²) in [7, 11) is 0. The minimum atomic E-state index is 0.461. The van der Waals surface area contributed by atoms with Gasteiger partial charge in [-0.1, -0.05) is 29.8 Å². The molecule has 3 nitrogen and oxygen atoms in total. The Balaban J connectivity index is 2.26. The average molecular weight is 312 g/mol. The number of alkyl halides is 1. The van der Waals surface area contributed by atoms with Crippen molar-refractivity contribution in [3.8, 4) is 0 Å². The minimum Gasteiger partial charge on any atom is -0.338 e. The molecule has 0 amide bonds. The van der Waals surface area contributed by atoms with Crippen molar-refractivity contribution < 1.29 is 0 Å². The van der Waals surface area contributed by atoms with Gasteiger partial charge in [-0.05, 0) is 38.2 Å². The van der Waals surface area contributed by atoms with Crippen LogP contribution in [0.1, 0.15) is 50.4 Å². The first kappa shape index (κ1) is 13.8. The number of hydrogen-bond acceptors (Lipinski definition) is 3. The SMILES string of the molecule is Cc1cc(C(C)C)nc(N2CCCC2CCBr)n1. The largest absolute Gasteiger partial charge is 0.338 e. The van der Waals surface area contributed by atoms with Crippen molar-refractivity contribution in [1.29, 1.82) is 0 Å². The van der Waals surface area contributed by atoms with Crippen molar-refractivity contribution in [1.82, 2.24) is 9.97 Å². The summed E-state index contributed by atoms with van der Waals surface area (Å²) < 4.78 is 0. The molecule has 0 saturated carbocycles. The van der Waals surface area contributed by atoms with E-state index in [-0.39, 0.29) is 0 Å². The summed E-state index contributed by atoms with van der Waals surface area (Å²) in [5, 5.41) is 1.05. The van der Waals surface area contributed by atoms with Gasteiger partial charge in [0.15, 0.2) is 0 Å². The molecule has 0 aromatic carbocycles. The quantitative estimate of drug-likeness (QED) is 0.795. The summed E-state index contributed by atoms with van der Waals surface area (Å²) in [4.78, 5) is 11.8. The predicted octanol–water partition coefficient (Wildman–Crippen LogP) is 3.66. The zero-order valence-corrected chi connectivity index (χ0v) is 13.1. The van der Waals surface area contributed by atoms with Gasteiger partial charge in [-0.25, -0.2) is 9.97 Å². The number of hydrogen-bond donors (Lipinski definition) is 0. The fourth-order valence-electron chi connectivity index (χ4n) is 2.53. The minimum absolute atomic E-state index is 0.461. The molecule has 2 rings (SSSR count). The van der Waals surface area contributed by atoms with Crippen molar-refractivity contribution in [2.24, 2.45) is 0 Å². The van der Waals surface area contributed by atoms with E-state index < -0.39 is 0 Å². The van der Waals surface area contributed by atoms with Crippen molar-refractivity contribution in [3.05, 3.63) is 17.5 Å². The predicted molar refractivity (Wildman–Crippen MR) is 79.6 cm³/mol. The first-order valence-electron chi connectivity index (χ1n) is 6.80. The first-order valence-corrected chi connectivity index (χ1v) is 7.92. The van der Waals surface area contributed by atoms with Crippen LogP contribution >= 0.6 is 15.9 Å². The van der Waals surface area contributed by atoms with E-state index in [1.54, 1.807) is 0 Å². The Hall–Kier alpha value is -0.640. The maximum atomic E-state index is 4.75. The highest BCUT2D eigenvalue weighted by atomic mass is 79.9. The summed E-state index contributed by atoms with van der Waals surface area (Å²) in [6.45, 7) is 7.53. The van der Waals surface area contributed by atoms with Crippen molar-refractivity contribution in [2.75, 3.05) is 16.8 Å². The van der Waals surface area contributed by atoms with E-state index in [9.17, 15) is 0 Å². The Labute approximate surface area is 118 Å². The molecule has 0 bridgehead atoms. The van der Waals surface area contributed by atoms with Gasteiger partial charge in [0.1, 0.15) is 0 Å². The summed E-state index contributed by atoms with van der Waals surface area (Å²) >= 11 is 3.54. The molecular formula is C14H22BrN3. The maximum absolute atomic E-state index is 4.75. The molecule has 1 aliphatic rings. The van der Waals surface area contributed by atoms with Crippen LogP contribution in [0.3, 0.4) is 0 Å². The second-order valence-corrected chi connectivity index (χ2v) is 6.15. The van der Waals surface area contributed by atoms with Gasteiger partial charge >= 0.3 is 0 Å². The number of halogens is 1. The second-order valence-electron chi connectivity index (χ2n) is 5.36. The third-order valence-corrected chi connectivity index (χ3v) is 3.99. The normalized spacial score (nSPS) is 19.8. The third-order valence-electron chi connectivity index (χ3n) is 3.53. The molecule has 4 heteroatoms. The van der Waals surface area contributed by atoms with Gasteiger partial charge in [-0.2, -0.15) is 0 Å². The van der Waals surface area contributed by atoms with E-state index in [0.717, 1.165) is 29.2 Å². The number of rotatable bonds is 4. The molecule has 1 unspecified atom stereocenters. The van der Waals surface area contributed by atoms with Crippen LogP contribution in [0.4, 0.5) is 5.95 Å². The van der Waals surface area contributed by atoms with Gasteiger partial charge in [0.05, 0.1) is 0 Å². The van der Waals surface area contributed by atoms with Crippen LogP contribution in [-0.2, 0) is 0 Å². The summed E-state index contributed by atoms with van der Waals surface area (Å²) in [6.07, 6.45) is 3.69. The lowest BCUT2D eigenvalue weighted by molar-refractivity contribution is 0.636. The highest BCUT2D eigenvalue weighted by Crippen LogP contribution is 2.26. The molecule has 1 saturated heterocycles. The second kappa shape index (κ2) is 6.00. The van der Waals surface area contributed by atoms with Gasteiger partial charge < -0.3 is 4.90 Å². The van der Waals surface area contributed by atoms with Crippen molar-refractivity contribution >= 4 is 21.9 Å². The Morgan fingerprint density at radius 3 is 2.89 bits per heavy atom. The van der Waals surface area contributed by atoms with E-state index in [2.05, 4.69) is 52.7 Å². The van der Waals surface area contributed by atoms with E-state index in [1.165, 1.54) is 19.3 Å². The summed E-state index contributed by atoms with van der Waals surface area (Å²) in [5.41, 5.74) is 2.23. The Bertz CT molecular complexity index is 406. The van der Waals surface area contributed by atoms with E-state index in [1.807, 2.05) is 0 Å². The summed E-state index contributed by atoms with van der Waals surface area (Å²) in [5.74, 6) is 1.39. The van der Waals surface area contributed by atoms with Crippen LogP contribution in [0.25, 0.3) is 0 Å². The Morgan fingerprint density at radius 1 is 1.44 bits per heavy atom. The van der Waals surface area contributed by atoms with Gasteiger partial charge in [0.25, 0.3) is 0 Å². The van der Waals surface area contributed by atoms with E-state index in [0.29, 0.717) is 12.0 Å². The topological polar surface area (TPSA) is 29.0 Å². The Morgan fingerprint density at radius 2 is 2.22 bits per heavy atom. The number of aryl methyl sites for hydroxylation is 1. The van der Waals surface area contributed by atoms with Crippen LogP contribution in [0, 0.1) is 6.92 Å². The highest BCUT2D eigenvalue weighted by Gasteiger charge is 2.26. The zero-order valence-electron chi connectivity index (χ0n) is 11.5. The lowest BCUT2D eigenvalue weighted by Crippen LogP contribution is -2.31.